The highest BCUT2D eigenvalue weighted by Crippen LogP contribution is 2.28. The van der Waals surface area contributed by atoms with Crippen molar-refractivity contribution in [1.29, 1.82) is 0 Å². The summed E-state index contributed by atoms with van der Waals surface area (Å²) < 4.78 is 0. The van der Waals surface area contributed by atoms with Crippen LogP contribution in [0.5, 0.6) is 0 Å². The number of anilines is 1. The molecule has 1 N–H and O–H groups in total. The van der Waals surface area contributed by atoms with Crippen molar-refractivity contribution in [2.75, 3.05) is 5.32 Å². The Morgan fingerprint density at radius 1 is 1.06 bits per heavy atom. The van der Waals surface area contributed by atoms with Gasteiger partial charge in [-0.2, -0.15) is 11.3 Å². The summed E-state index contributed by atoms with van der Waals surface area (Å²) in [5, 5.41) is 7.93. The van der Waals surface area contributed by atoms with Crippen molar-refractivity contribution in [3.63, 3.8) is 0 Å². The third-order valence-corrected chi connectivity index (χ3v) is 3.70. The Balaban J connectivity index is 2.18. The van der Waals surface area contributed by atoms with Crippen LogP contribution in [0.1, 0.15) is 43.9 Å². The van der Waals surface area contributed by atoms with Crippen molar-refractivity contribution < 1.29 is 0 Å². The van der Waals surface area contributed by atoms with Gasteiger partial charge in [0.1, 0.15) is 0 Å². The second-order valence-corrected chi connectivity index (χ2v) is 5.44. The van der Waals surface area contributed by atoms with Gasteiger partial charge in [0.15, 0.2) is 0 Å². The minimum atomic E-state index is 0.362. The largest absolute Gasteiger partial charge is 0.378 e. The lowest BCUT2D eigenvalue weighted by Crippen LogP contribution is -2.08. The fourth-order valence-corrected chi connectivity index (χ4v) is 2.72. The molecule has 2 aromatic rings. The van der Waals surface area contributed by atoms with Crippen LogP contribution in [0.3, 0.4) is 0 Å². The molecule has 90 valence electrons. The van der Waals surface area contributed by atoms with Crippen LogP contribution < -0.4 is 5.32 Å². The van der Waals surface area contributed by atoms with E-state index in [-0.39, 0.29) is 0 Å². The third-order valence-electron chi connectivity index (χ3n) is 3.00. The number of hydrogen-bond acceptors (Lipinski definition) is 2. The molecule has 17 heavy (non-hydrogen) atoms. The molecule has 0 radical (unpaired) electrons. The van der Waals surface area contributed by atoms with Crippen molar-refractivity contribution in [2.45, 2.75) is 32.7 Å². The Morgan fingerprint density at radius 3 is 2.47 bits per heavy atom. The van der Waals surface area contributed by atoms with E-state index in [4.69, 9.17) is 0 Å². The summed E-state index contributed by atoms with van der Waals surface area (Å²) in [7, 11) is 0. The minimum Gasteiger partial charge on any atom is -0.378 e. The standard InChI is InChI=1S/C15H19NS/c1-11(2)14-6-4-5-7-15(14)16-12(3)13-8-9-17-10-13/h4-12,16H,1-3H3. The Labute approximate surface area is 108 Å². The number of benzene rings is 1. The van der Waals surface area contributed by atoms with E-state index in [9.17, 15) is 0 Å². The molecule has 0 bridgehead atoms. The Kier molecular flexibility index (Phi) is 3.85. The normalized spacial score (nSPS) is 12.7. The van der Waals surface area contributed by atoms with E-state index in [0.29, 0.717) is 12.0 Å². The van der Waals surface area contributed by atoms with E-state index < -0.39 is 0 Å². The van der Waals surface area contributed by atoms with E-state index in [1.165, 1.54) is 16.8 Å². The van der Waals surface area contributed by atoms with Crippen LogP contribution in [0.2, 0.25) is 0 Å². The van der Waals surface area contributed by atoms with Gasteiger partial charge >= 0.3 is 0 Å². The summed E-state index contributed by atoms with van der Waals surface area (Å²) in [4.78, 5) is 0. The summed E-state index contributed by atoms with van der Waals surface area (Å²) in [6, 6.07) is 11.1. The SMILES string of the molecule is CC(C)c1ccccc1NC(C)c1ccsc1. The molecule has 1 nitrogen and oxygen atoms in total. The second kappa shape index (κ2) is 5.37. The first-order chi connectivity index (χ1) is 8.18. The molecule has 0 fully saturated rings. The molecule has 2 heteroatoms. The first-order valence-electron chi connectivity index (χ1n) is 6.06. The first kappa shape index (κ1) is 12.2. The highest BCUT2D eigenvalue weighted by Gasteiger charge is 2.10. The van der Waals surface area contributed by atoms with Crippen LogP contribution in [-0.4, -0.2) is 0 Å². The third kappa shape index (κ3) is 2.89. The Hall–Kier alpha value is -1.28. The zero-order valence-corrected chi connectivity index (χ0v) is 11.4. The molecule has 0 spiro atoms. The van der Waals surface area contributed by atoms with Crippen LogP contribution in [-0.2, 0) is 0 Å². The Morgan fingerprint density at radius 2 is 1.82 bits per heavy atom. The number of nitrogens with one attached hydrogen (secondary N) is 1. The lowest BCUT2D eigenvalue weighted by Gasteiger charge is -2.19. The number of rotatable bonds is 4. The summed E-state index contributed by atoms with van der Waals surface area (Å²) in [5.74, 6) is 0.549. The molecular weight excluding hydrogens is 226 g/mol. The topological polar surface area (TPSA) is 12.0 Å². The van der Waals surface area contributed by atoms with E-state index in [0.717, 1.165) is 0 Å². The van der Waals surface area contributed by atoms with Gasteiger partial charge in [0, 0.05) is 11.7 Å². The summed E-state index contributed by atoms with van der Waals surface area (Å²) in [6.07, 6.45) is 0. The van der Waals surface area contributed by atoms with Crippen molar-refractivity contribution in [2.24, 2.45) is 0 Å². The zero-order chi connectivity index (χ0) is 12.3. The van der Waals surface area contributed by atoms with E-state index in [2.05, 4.69) is 67.2 Å². The van der Waals surface area contributed by atoms with Crippen molar-refractivity contribution in [3.05, 3.63) is 52.2 Å². The van der Waals surface area contributed by atoms with E-state index in [1.54, 1.807) is 11.3 Å². The van der Waals surface area contributed by atoms with Gasteiger partial charge < -0.3 is 5.32 Å². The second-order valence-electron chi connectivity index (χ2n) is 4.66. The molecule has 0 aliphatic carbocycles. The van der Waals surface area contributed by atoms with Crippen LogP contribution in [0, 0.1) is 0 Å². The van der Waals surface area contributed by atoms with Gasteiger partial charge in [0.05, 0.1) is 0 Å². The van der Waals surface area contributed by atoms with Crippen molar-refractivity contribution >= 4 is 17.0 Å². The smallest absolute Gasteiger partial charge is 0.0493 e. The molecule has 0 amide bonds. The molecular formula is C15H19NS. The maximum Gasteiger partial charge on any atom is 0.0493 e. The van der Waals surface area contributed by atoms with Crippen molar-refractivity contribution in [3.8, 4) is 0 Å². The van der Waals surface area contributed by atoms with E-state index in [1.807, 2.05) is 0 Å². The molecule has 1 aromatic carbocycles. The van der Waals surface area contributed by atoms with Crippen molar-refractivity contribution in [1.82, 2.24) is 0 Å². The fraction of sp³-hybridized carbons (Fsp3) is 0.333. The van der Waals surface area contributed by atoms with Crippen LogP contribution in [0.25, 0.3) is 0 Å². The number of thiophene rings is 1. The maximum atomic E-state index is 3.60. The molecule has 0 aliphatic rings. The van der Waals surface area contributed by atoms with Gasteiger partial charge in [0.2, 0.25) is 0 Å². The predicted molar refractivity (Wildman–Crippen MR) is 76.9 cm³/mol. The molecule has 0 saturated heterocycles. The van der Waals surface area contributed by atoms with Gasteiger partial charge in [0.25, 0.3) is 0 Å². The predicted octanol–water partition coefficient (Wildman–Crippen LogP) is 5.04. The first-order valence-corrected chi connectivity index (χ1v) is 7.00. The molecule has 0 saturated carbocycles. The summed E-state index contributed by atoms with van der Waals surface area (Å²) >= 11 is 1.75. The Bertz CT molecular complexity index is 460. The van der Waals surface area contributed by atoms with Crippen LogP contribution in [0.4, 0.5) is 5.69 Å². The summed E-state index contributed by atoms with van der Waals surface area (Å²) in [6.45, 7) is 6.67. The monoisotopic (exact) mass is 245 g/mol. The fourth-order valence-electron chi connectivity index (χ4n) is 1.97. The molecule has 1 unspecified atom stereocenters. The molecule has 1 atom stereocenters. The molecule has 2 rings (SSSR count). The lowest BCUT2D eigenvalue weighted by molar-refractivity contribution is 0.843. The van der Waals surface area contributed by atoms with Crippen LogP contribution >= 0.6 is 11.3 Å². The van der Waals surface area contributed by atoms with E-state index >= 15 is 0 Å². The van der Waals surface area contributed by atoms with Crippen LogP contribution in [0.15, 0.2) is 41.1 Å². The van der Waals surface area contributed by atoms with Gasteiger partial charge in [-0.3, -0.25) is 0 Å². The highest BCUT2D eigenvalue weighted by atomic mass is 32.1. The zero-order valence-electron chi connectivity index (χ0n) is 10.6. The maximum absolute atomic E-state index is 3.60. The average molecular weight is 245 g/mol. The average Bonchev–Trinajstić information content (AvgIpc) is 2.83. The number of hydrogen-bond donors (Lipinski definition) is 1. The highest BCUT2D eigenvalue weighted by molar-refractivity contribution is 7.07. The van der Waals surface area contributed by atoms with Gasteiger partial charge in [-0.15, -0.1) is 0 Å². The quantitative estimate of drug-likeness (QED) is 0.795. The summed E-state index contributed by atoms with van der Waals surface area (Å²) in [5.41, 5.74) is 3.99. The molecule has 0 aliphatic heterocycles. The molecule has 1 aromatic heterocycles. The molecule has 1 heterocycles. The number of para-hydroxylation sites is 1. The minimum absolute atomic E-state index is 0.362. The van der Waals surface area contributed by atoms with Gasteiger partial charge in [-0.1, -0.05) is 32.0 Å². The van der Waals surface area contributed by atoms with Gasteiger partial charge in [-0.05, 0) is 46.9 Å². The van der Waals surface area contributed by atoms with Gasteiger partial charge in [-0.25, -0.2) is 0 Å². The lowest BCUT2D eigenvalue weighted by atomic mass is 10.0.